The normalized spacial score (nSPS) is 10.8. The molecule has 5 nitrogen and oxygen atoms in total. The number of hydrogen-bond acceptors (Lipinski definition) is 4. The largest absolute Gasteiger partial charge is 0.423 e. The van der Waals surface area contributed by atoms with Gasteiger partial charge in [0.1, 0.15) is 5.75 Å². The smallest absolute Gasteiger partial charge is 0.345 e. The Hall–Kier alpha value is -2.57. The van der Waals surface area contributed by atoms with Crippen LogP contribution in [0.3, 0.4) is 0 Å². The number of esters is 1. The van der Waals surface area contributed by atoms with Crippen molar-refractivity contribution in [1.29, 1.82) is 0 Å². The highest BCUT2D eigenvalue weighted by Gasteiger charge is 2.13. The van der Waals surface area contributed by atoms with Gasteiger partial charge in [-0.2, -0.15) is 5.10 Å². The summed E-state index contributed by atoms with van der Waals surface area (Å²) in [7, 11) is 0. The number of nitrogens with one attached hydrogen (secondary N) is 1. The number of hydrogen-bond donors (Lipinski definition) is 1. The van der Waals surface area contributed by atoms with Crippen molar-refractivity contribution in [2.24, 2.45) is 5.10 Å². The number of nitrogens with zero attached hydrogens (tertiary/aromatic N) is 1. The number of benzene rings is 3. The molecule has 1 amide bonds. The van der Waals surface area contributed by atoms with Crippen LogP contribution in [0.1, 0.15) is 26.3 Å². The van der Waals surface area contributed by atoms with Crippen molar-refractivity contribution in [3.05, 3.63) is 97.4 Å². The van der Waals surface area contributed by atoms with Crippen LogP contribution in [0.5, 0.6) is 5.75 Å². The van der Waals surface area contributed by atoms with E-state index in [9.17, 15) is 9.59 Å². The molecule has 30 heavy (non-hydrogen) atoms. The highest BCUT2D eigenvalue weighted by Crippen LogP contribution is 2.23. The molecule has 0 atom stereocenters. The topological polar surface area (TPSA) is 67.8 Å². The molecule has 0 spiro atoms. The first-order valence-electron chi connectivity index (χ1n) is 8.39. The minimum Gasteiger partial charge on any atom is -0.423 e. The van der Waals surface area contributed by atoms with Gasteiger partial charge in [-0.25, -0.2) is 10.2 Å². The summed E-state index contributed by atoms with van der Waals surface area (Å²) in [5, 5.41) is 5.16. The van der Waals surface area contributed by atoms with E-state index >= 15 is 0 Å². The second-order valence-corrected chi connectivity index (χ2v) is 7.59. The average Bonchev–Trinajstić information content (AvgIpc) is 2.69. The molecule has 0 unspecified atom stereocenters. The fourth-order valence-corrected chi connectivity index (χ4v) is 3.32. The van der Waals surface area contributed by atoms with E-state index in [2.05, 4.69) is 10.5 Å². The van der Waals surface area contributed by atoms with Crippen molar-refractivity contribution < 1.29 is 14.3 Å². The van der Waals surface area contributed by atoms with Crippen LogP contribution in [-0.2, 0) is 0 Å². The molecule has 152 valence electrons. The first kappa shape index (κ1) is 22.1. The van der Waals surface area contributed by atoms with Crippen molar-refractivity contribution in [2.75, 3.05) is 0 Å². The minimum atomic E-state index is -0.606. The maximum atomic E-state index is 12.2. The molecule has 0 saturated heterocycles. The van der Waals surface area contributed by atoms with Gasteiger partial charge in [0.25, 0.3) is 5.91 Å². The molecule has 0 saturated carbocycles. The second-order valence-electron chi connectivity index (χ2n) is 5.91. The summed E-state index contributed by atoms with van der Waals surface area (Å²) in [6, 6.07) is 15.5. The summed E-state index contributed by atoms with van der Waals surface area (Å²) in [5.41, 5.74) is 3.50. The van der Waals surface area contributed by atoms with E-state index in [0.29, 0.717) is 21.4 Å². The predicted molar refractivity (Wildman–Crippen MR) is 119 cm³/mol. The Morgan fingerprint density at radius 3 is 1.93 bits per heavy atom. The highest BCUT2D eigenvalue weighted by molar-refractivity contribution is 6.37. The first-order chi connectivity index (χ1) is 14.3. The molecule has 0 aliphatic carbocycles. The van der Waals surface area contributed by atoms with Crippen LogP contribution in [0.2, 0.25) is 20.1 Å². The van der Waals surface area contributed by atoms with Crippen LogP contribution < -0.4 is 10.2 Å². The molecule has 0 bridgehead atoms. The molecular weight excluding hydrogens is 470 g/mol. The third-order valence-electron chi connectivity index (χ3n) is 3.80. The van der Waals surface area contributed by atoms with Crippen molar-refractivity contribution in [3.8, 4) is 5.75 Å². The van der Waals surface area contributed by atoms with Gasteiger partial charge in [-0.1, -0.05) is 46.4 Å². The fraction of sp³-hybridized carbons (Fsp3) is 0. The highest BCUT2D eigenvalue weighted by atomic mass is 35.5. The van der Waals surface area contributed by atoms with Gasteiger partial charge in [0.05, 0.1) is 27.4 Å². The second kappa shape index (κ2) is 9.96. The van der Waals surface area contributed by atoms with Crippen LogP contribution >= 0.6 is 46.4 Å². The third-order valence-corrected chi connectivity index (χ3v) is 4.89. The number of hydrazone groups is 1. The standard InChI is InChI=1S/C21H12Cl4N2O3/c22-13-3-7-16(18(24)9-13)20(28)27-26-11-12-1-5-15(6-2-12)30-21(29)17-8-4-14(23)10-19(17)25/h1-11H,(H,27,28)/b26-11-. The Morgan fingerprint density at radius 1 is 0.800 bits per heavy atom. The molecule has 0 fully saturated rings. The first-order valence-corrected chi connectivity index (χ1v) is 9.90. The van der Waals surface area contributed by atoms with Gasteiger partial charge >= 0.3 is 5.97 Å². The number of ether oxygens (including phenoxy) is 1. The van der Waals surface area contributed by atoms with Crippen LogP contribution in [0, 0.1) is 0 Å². The molecule has 3 aromatic carbocycles. The van der Waals surface area contributed by atoms with Crippen LogP contribution in [0.25, 0.3) is 0 Å². The summed E-state index contributed by atoms with van der Waals surface area (Å²) < 4.78 is 5.29. The zero-order valence-corrected chi connectivity index (χ0v) is 18.1. The number of carbonyl (C=O) groups excluding carboxylic acids is 2. The molecule has 1 N–H and O–H groups in total. The van der Waals surface area contributed by atoms with Gasteiger partial charge in [-0.3, -0.25) is 4.79 Å². The van der Waals surface area contributed by atoms with Crippen LogP contribution in [-0.4, -0.2) is 18.1 Å². The van der Waals surface area contributed by atoms with Crippen LogP contribution in [0.15, 0.2) is 65.8 Å². The maximum absolute atomic E-state index is 12.2. The lowest BCUT2D eigenvalue weighted by Gasteiger charge is -2.06. The average molecular weight is 482 g/mol. The zero-order chi connectivity index (χ0) is 21.7. The van der Waals surface area contributed by atoms with Gasteiger partial charge < -0.3 is 4.74 Å². The number of rotatable bonds is 5. The van der Waals surface area contributed by atoms with Gasteiger partial charge in [0, 0.05) is 10.0 Å². The monoisotopic (exact) mass is 480 g/mol. The third kappa shape index (κ3) is 5.74. The lowest BCUT2D eigenvalue weighted by molar-refractivity contribution is 0.0734. The van der Waals surface area contributed by atoms with Crippen molar-refractivity contribution >= 4 is 64.5 Å². The summed E-state index contributed by atoms with van der Waals surface area (Å²) in [5.74, 6) is -0.761. The molecule has 0 aromatic heterocycles. The Balaban J connectivity index is 1.60. The summed E-state index contributed by atoms with van der Waals surface area (Å²) in [6.45, 7) is 0. The van der Waals surface area contributed by atoms with E-state index in [1.807, 2.05) is 0 Å². The van der Waals surface area contributed by atoms with Gasteiger partial charge in [0.15, 0.2) is 0 Å². The quantitative estimate of drug-likeness (QED) is 0.201. The van der Waals surface area contributed by atoms with Crippen molar-refractivity contribution in [1.82, 2.24) is 5.43 Å². The number of amides is 1. The SMILES string of the molecule is O=C(N/N=C\c1ccc(OC(=O)c2ccc(Cl)cc2Cl)cc1)c1ccc(Cl)cc1Cl. The lowest BCUT2D eigenvalue weighted by Crippen LogP contribution is -2.18. The van der Waals surface area contributed by atoms with Crippen molar-refractivity contribution in [2.45, 2.75) is 0 Å². The molecule has 0 aliphatic heterocycles. The van der Waals surface area contributed by atoms with Gasteiger partial charge in [-0.05, 0) is 66.2 Å². The lowest BCUT2D eigenvalue weighted by atomic mass is 10.2. The zero-order valence-electron chi connectivity index (χ0n) is 15.0. The Bertz CT molecular complexity index is 1130. The van der Waals surface area contributed by atoms with E-state index in [4.69, 9.17) is 51.1 Å². The number of halogens is 4. The maximum Gasteiger partial charge on any atom is 0.345 e. The predicted octanol–water partition coefficient (Wildman–Crippen LogP) is 6.28. The van der Waals surface area contributed by atoms with Gasteiger partial charge in [-0.15, -0.1) is 0 Å². The summed E-state index contributed by atoms with van der Waals surface area (Å²) in [6.07, 6.45) is 1.43. The summed E-state index contributed by atoms with van der Waals surface area (Å²) >= 11 is 23.6. The molecule has 0 heterocycles. The minimum absolute atomic E-state index is 0.202. The summed E-state index contributed by atoms with van der Waals surface area (Å²) in [4.78, 5) is 24.3. The molecule has 0 radical (unpaired) electrons. The van der Waals surface area contributed by atoms with E-state index in [-0.39, 0.29) is 21.2 Å². The van der Waals surface area contributed by atoms with E-state index in [0.717, 1.165) is 0 Å². The molecule has 9 heteroatoms. The molecule has 3 rings (SSSR count). The van der Waals surface area contributed by atoms with E-state index < -0.39 is 11.9 Å². The van der Waals surface area contributed by atoms with E-state index in [1.54, 1.807) is 36.4 Å². The number of carbonyl (C=O) groups is 2. The molecule has 3 aromatic rings. The van der Waals surface area contributed by atoms with Crippen LogP contribution in [0.4, 0.5) is 0 Å². The molecular formula is C21H12Cl4N2O3. The Labute approximate surface area is 192 Å². The van der Waals surface area contributed by atoms with E-state index in [1.165, 1.54) is 30.5 Å². The van der Waals surface area contributed by atoms with Gasteiger partial charge in [0.2, 0.25) is 0 Å². The Morgan fingerprint density at radius 2 is 1.37 bits per heavy atom. The fourth-order valence-electron chi connectivity index (χ4n) is 2.34. The molecule has 0 aliphatic rings. The van der Waals surface area contributed by atoms with Crippen molar-refractivity contribution in [3.63, 3.8) is 0 Å². The Kier molecular flexibility index (Phi) is 7.34.